The Labute approximate surface area is 137 Å². The number of hydrogen-bond acceptors (Lipinski definition) is 4. The van der Waals surface area contributed by atoms with E-state index in [-0.39, 0.29) is 4.90 Å². The van der Waals surface area contributed by atoms with E-state index in [1.54, 1.807) is 12.1 Å². The molecule has 7 heteroatoms. The molecule has 1 heterocycles. The van der Waals surface area contributed by atoms with Crippen LogP contribution in [0.2, 0.25) is 0 Å². The van der Waals surface area contributed by atoms with E-state index in [1.807, 2.05) is 40.3 Å². The lowest BCUT2D eigenvalue weighted by molar-refractivity contribution is 0.598. The fourth-order valence-electron chi connectivity index (χ4n) is 2.15. The van der Waals surface area contributed by atoms with Crippen LogP contribution in [0.15, 0.2) is 64.9 Å². The number of benzene rings is 2. The molecule has 2 N–H and O–H groups in total. The number of nitrogens with zero attached hydrogens (tertiary/aromatic N) is 1. The standard InChI is InChI=1S/C15H12N2O2S3/c16-22(18,19)13-8-6-12(7-9-13)17-14(10-21-15(17)20)11-4-2-1-3-5-11/h1-10H,(H2,16,18,19). The van der Waals surface area contributed by atoms with Crippen molar-refractivity contribution in [3.8, 4) is 16.9 Å². The van der Waals surface area contributed by atoms with Crippen LogP contribution in [0.5, 0.6) is 0 Å². The van der Waals surface area contributed by atoms with Gasteiger partial charge in [0.05, 0.1) is 10.6 Å². The van der Waals surface area contributed by atoms with E-state index in [4.69, 9.17) is 17.4 Å². The largest absolute Gasteiger partial charge is 0.292 e. The third-order valence-electron chi connectivity index (χ3n) is 3.19. The van der Waals surface area contributed by atoms with Gasteiger partial charge >= 0.3 is 0 Å². The molecule has 0 atom stereocenters. The van der Waals surface area contributed by atoms with Gasteiger partial charge in [0.15, 0.2) is 3.95 Å². The summed E-state index contributed by atoms with van der Waals surface area (Å²) in [6, 6.07) is 16.3. The third-order valence-corrected chi connectivity index (χ3v) is 5.31. The summed E-state index contributed by atoms with van der Waals surface area (Å²) in [7, 11) is -3.69. The van der Waals surface area contributed by atoms with Crippen LogP contribution in [0, 0.1) is 3.95 Å². The molecule has 0 saturated carbocycles. The Morgan fingerprint density at radius 2 is 1.64 bits per heavy atom. The monoisotopic (exact) mass is 348 g/mol. The van der Waals surface area contributed by atoms with E-state index in [0.29, 0.717) is 3.95 Å². The zero-order chi connectivity index (χ0) is 15.7. The van der Waals surface area contributed by atoms with Crippen molar-refractivity contribution >= 4 is 33.6 Å². The number of nitrogens with two attached hydrogens (primary N) is 1. The van der Waals surface area contributed by atoms with Crippen LogP contribution in [0.3, 0.4) is 0 Å². The molecule has 0 bridgehead atoms. The van der Waals surface area contributed by atoms with Crippen molar-refractivity contribution in [1.82, 2.24) is 4.57 Å². The van der Waals surface area contributed by atoms with Crippen molar-refractivity contribution in [2.75, 3.05) is 0 Å². The van der Waals surface area contributed by atoms with Crippen LogP contribution in [-0.2, 0) is 10.0 Å². The first-order chi connectivity index (χ1) is 10.5. The van der Waals surface area contributed by atoms with Crippen LogP contribution in [0.1, 0.15) is 0 Å². The third kappa shape index (κ3) is 2.89. The molecule has 0 saturated heterocycles. The van der Waals surface area contributed by atoms with Crippen molar-refractivity contribution in [2.24, 2.45) is 5.14 Å². The second-order valence-corrected chi connectivity index (χ2v) is 7.69. The highest BCUT2D eigenvalue weighted by atomic mass is 32.2. The first kappa shape index (κ1) is 15.1. The quantitative estimate of drug-likeness (QED) is 0.736. The first-order valence-corrected chi connectivity index (χ1v) is 9.19. The summed E-state index contributed by atoms with van der Waals surface area (Å²) < 4.78 is 25.3. The lowest BCUT2D eigenvalue weighted by atomic mass is 10.1. The van der Waals surface area contributed by atoms with Crippen molar-refractivity contribution in [1.29, 1.82) is 0 Å². The van der Waals surface area contributed by atoms with Gasteiger partial charge in [0.1, 0.15) is 0 Å². The lowest BCUT2D eigenvalue weighted by Gasteiger charge is -2.09. The van der Waals surface area contributed by atoms with E-state index in [1.165, 1.54) is 23.5 Å². The van der Waals surface area contributed by atoms with Crippen LogP contribution < -0.4 is 5.14 Å². The molecular formula is C15H12N2O2S3. The molecule has 22 heavy (non-hydrogen) atoms. The molecule has 0 unspecified atom stereocenters. The second-order valence-electron chi connectivity index (χ2n) is 4.63. The van der Waals surface area contributed by atoms with Crippen LogP contribution >= 0.6 is 23.6 Å². The minimum atomic E-state index is -3.69. The van der Waals surface area contributed by atoms with Crippen molar-refractivity contribution < 1.29 is 8.42 Å². The average molecular weight is 348 g/mol. The number of rotatable bonds is 3. The summed E-state index contributed by atoms with van der Waals surface area (Å²) in [6.07, 6.45) is 0. The Kier molecular flexibility index (Phi) is 3.96. The minimum absolute atomic E-state index is 0.0826. The molecule has 1 aromatic heterocycles. The van der Waals surface area contributed by atoms with Gasteiger partial charge in [-0.2, -0.15) is 0 Å². The van der Waals surface area contributed by atoms with E-state index < -0.39 is 10.0 Å². The lowest BCUT2D eigenvalue weighted by Crippen LogP contribution is -2.12. The fraction of sp³-hybridized carbons (Fsp3) is 0. The maximum atomic E-state index is 11.3. The molecule has 0 fully saturated rings. The molecule has 2 aromatic carbocycles. The molecule has 4 nitrogen and oxygen atoms in total. The highest BCUT2D eigenvalue weighted by Gasteiger charge is 2.11. The fourth-order valence-corrected chi connectivity index (χ4v) is 3.77. The Bertz CT molecular complexity index is 956. The molecule has 112 valence electrons. The van der Waals surface area contributed by atoms with Gasteiger partial charge in [0.25, 0.3) is 0 Å². The van der Waals surface area contributed by atoms with E-state index >= 15 is 0 Å². The Morgan fingerprint density at radius 1 is 1.00 bits per heavy atom. The van der Waals surface area contributed by atoms with Gasteiger partial charge in [0.2, 0.25) is 10.0 Å². The van der Waals surface area contributed by atoms with Crippen LogP contribution in [-0.4, -0.2) is 13.0 Å². The number of thiazole rings is 1. The summed E-state index contributed by atoms with van der Waals surface area (Å²) in [5, 5.41) is 7.11. The zero-order valence-electron chi connectivity index (χ0n) is 11.3. The maximum absolute atomic E-state index is 11.3. The summed E-state index contributed by atoms with van der Waals surface area (Å²) in [4.78, 5) is 0.0826. The summed E-state index contributed by atoms with van der Waals surface area (Å²) in [5.41, 5.74) is 2.82. The SMILES string of the molecule is NS(=O)(=O)c1ccc(-n2c(-c3ccccc3)csc2=S)cc1. The van der Waals surface area contributed by atoms with Gasteiger partial charge in [-0.05, 0) is 42.0 Å². The molecule has 0 spiro atoms. The Hall–Kier alpha value is -1.80. The molecule has 0 radical (unpaired) electrons. The normalized spacial score (nSPS) is 11.5. The van der Waals surface area contributed by atoms with Gasteiger partial charge in [-0.15, -0.1) is 11.3 Å². The van der Waals surface area contributed by atoms with Gasteiger partial charge in [-0.3, -0.25) is 4.57 Å². The van der Waals surface area contributed by atoms with E-state index in [0.717, 1.165) is 16.9 Å². The minimum Gasteiger partial charge on any atom is -0.292 e. The van der Waals surface area contributed by atoms with Gasteiger partial charge in [-0.1, -0.05) is 30.3 Å². The summed E-state index contributed by atoms with van der Waals surface area (Å²) >= 11 is 6.86. The molecular weight excluding hydrogens is 336 g/mol. The molecule has 3 rings (SSSR count). The van der Waals surface area contributed by atoms with E-state index in [2.05, 4.69) is 0 Å². The van der Waals surface area contributed by atoms with Crippen molar-refractivity contribution in [3.63, 3.8) is 0 Å². The highest BCUT2D eigenvalue weighted by molar-refractivity contribution is 7.89. The van der Waals surface area contributed by atoms with Crippen molar-refractivity contribution in [3.05, 3.63) is 63.9 Å². The first-order valence-electron chi connectivity index (χ1n) is 6.36. The number of aromatic nitrogens is 1. The number of hydrogen-bond donors (Lipinski definition) is 1. The van der Waals surface area contributed by atoms with Gasteiger partial charge < -0.3 is 0 Å². The summed E-state index contributed by atoms with van der Waals surface area (Å²) in [5.74, 6) is 0. The topological polar surface area (TPSA) is 65.1 Å². The van der Waals surface area contributed by atoms with Crippen LogP contribution in [0.25, 0.3) is 16.9 Å². The molecule has 3 aromatic rings. The summed E-state index contributed by atoms with van der Waals surface area (Å²) in [6.45, 7) is 0. The average Bonchev–Trinajstić information content (AvgIpc) is 2.89. The van der Waals surface area contributed by atoms with Crippen LogP contribution in [0.4, 0.5) is 0 Å². The molecule has 0 aliphatic rings. The number of sulfonamides is 1. The molecule has 0 aliphatic heterocycles. The molecule has 0 aliphatic carbocycles. The smallest absolute Gasteiger partial charge is 0.238 e. The maximum Gasteiger partial charge on any atom is 0.238 e. The van der Waals surface area contributed by atoms with Crippen molar-refractivity contribution in [2.45, 2.75) is 4.90 Å². The van der Waals surface area contributed by atoms with E-state index in [9.17, 15) is 8.42 Å². The van der Waals surface area contributed by atoms with Gasteiger partial charge in [-0.25, -0.2) is 13.6 Å². The second kappa shape index (κ2) is 5.77. The van der Waals surface area contributed by atoms with Gasteiger partial charge in [0, 0.05) is 11.1 Å². The Balaban J connectivity index is 2.14. The predicted octanol–water partition coefficient (Wildman–Crippen LogP) is 3.58. The highest BCUT2D eigenvalue weighted by Crippen LogP contribution is 2.27. The zero-order valence-corrected chi connectivity index (χ0v) is 13.8. The molecule has 0 amide bonds. The number of primary sulfonamides is 1. The predicted molar refractivity (Wildman–Crippen MR) is 91.3 cm³/mol. The Morgan fingerprint density at radius 3 is 2.23 bits per heavy atom.